The van der Waals surface area contributed by atoms with Gasteiger partial charge in [0.1, 0.15) is 40.3 Å². The van der Waals surface area contributed by atoms with E-state index in [1.807, 2.05) is 6.07 Å². The fourth-order valence-corrected chi connectivity index (χ4v) is 2.50. The molecule has 0 aliphatic rings. The van der Waals surface area contributed by atoms with Gasteiger partial charge in [-0.15, -0.1) is 0 Å². The van der Waals surface area contributed by atoms with Gasteiger partial charge in [-0.1, -0.05) is 5.16 Å². The average molecular weight is 422 g/mol. The minimum absolute atomic E-state index is 0.00991. The first-order valence-electron chi connectivity index (χ1n) is 7.62. The highest BCUT2D eigenvalue weighted by Gasteiger charge is 2.20. The lowest BCUT2D eigenvalue weighted by molar-refractivity contribution is 0.00111. The van der Waals surface area contributed by atoms with Crippen LogP contribution < -0.4 is 0 Å². The van der Waals surface area contributed by atoms with Crippen molar-refractivity contribution in [3.8, 4) is 11.8 Å². The molecule has 0 saturated carbocycles. The molecule has 6 nitrogen and oxygen atoms in total. The van der Waals surface area contributed by atoms with Gasteiger partial charge in [0, 0.05) is 11.1 Å². The van der Waals surface area contributed by atoms with Crippen LogP contribution in [0.3, 0.4) is 0 Å². The lowest BCUT2D eigenvalue weighted by Gasteiger charge is -2.18. The molecule has 0 radical (unpaired) electrons. The maximum atomic E-state index is 14.0. The summed E-state index contributed by atoms with van der Waals surface area (Å²) in [6, 6.07) is 7.38. The van der Waals surface area contributed by atoms with Crippen molar-refractivity contribution < 1.29 is 19.4 Å². The van der Waals surface area contributed by atoms with Crippen LogP contribution in [0.4, 0.5) is 4.39 Å². The Labute approximate surface area is 158 Å². The second-order valence-electron chi connectivity index (χ2n) is 6.41. The zero-order chi connectivity index (χ0) is 19.5. The highest BCUT2D eigenvalue weighted by molar-refractivity contribution is 9.10. The topological polar surface area (TPSA) is 98.7 Å². The van der Waals surface area contributed by atoms with E-state index >= 15 is 0 Å². The van der Waals surface area contributed by atoms with Gasteiger partial charge in [-0.3, -0.25) is 0 Å². The summed E-state index contributed by atoms with van der Waals surface area (Å²) in [5.41, 5.74) is -0.0613. The van der Waals surface area contributed by atoms with Crippen LogP contribution in [0.2, 0.25) is 0 Å². The van der Waals surface area contributed by atoms with Crippen molar-refractivity contribution in [1.82, 2.24) is 4.98 Å². The summed E-state index contributed by atoms with van der Waals surface area (Å²) in [6.07, 6.45) is 0. The molecule has 1 aromatic carbocycles. The third-order valence-corrected chi connectivity index (χ3v) is 3.75. The number of oxime groups is 1. The molecular weight excluding hydrogens is 405 g/mol. The Hall–Kier alpha value is -2.50. The highest BCUT2D eigenvalue weighted by atomic mass is 79.9. The molecule has 0 aliphatic heterocycles. The van der Waals surface area contributed by atoms with Crippen LogP contribution in [0.15, 0.2) is 33.9 Å². The Kier molecular flexibility index (Phi) is 5.95. The van der Waals surface area contributed by atoms with E-state index in [9.17, 15) is 14.6 Å². The normalized spacial score (nSPS) is 12.0. The van der Waals surface area contributed by atoms with E-state index in [-0.39, 0.29) is 32.9 Å². The van der Waals surface area contributed by atoms with Gasteiger partial charge in [0.05, 0.1) is 11.1 Å². The Balaban J connectivity index is 2.71. The summed E-state index contributed by atoms with van der Waals surface area (Å²) >= 11 is 3.10. The lowest BCUT2D eigenvalue weighted by Crippen LogP contribution is -2.18. The Morgan fingerprint density at radius 3 is 2.65 bits per heavy atom. The highest BCUT2D eigenvalue weighted by Crippen LogP contribution is 2.26. The van der Waals surface area contributed by atoms with E-state index in [4.69, 9.17) is 10.1 Å². The molecule has 0 bridgehead atoms. The predicted octanol–water partition coefficient (Wildman–Crippen LogP) is 3.62. The van der Waals surface area contributed by atoms with Gasteiger partial charge in [-0.05, 0) is 61.0 Å². The number of aromatic hydroxyl groups is 1. The number of benzene rings is 1. The van der Waals surface area contributed by atoms with Crippen molar-refractivity contribution >= 4 is 21.6 Å². The van der Waals surface area contributed by atoms with Gasteiger partial charge in [0.15, 0.2) is 0 Å². The number of hydrogen-bond acceptors (Lipinski definition) is 6. The van der Waals surface area contributed by atoms with E-state index in [1.54, 1.807) is 20.8 Å². The first kappa shape index (κ1) is 19.8. The first-order chi connectivity index (χ1) is 12.2. The third-order valence-electron chi connectivity index (χ3n) is 3.17. The number of rotatable bonds is 4. The summed E-state index contributed by atoms with van der Waals surface area (Å²) in [5.74, 6) is -0.818. The molecule has 0 aliphatic carbocycles. The Morgan fingerprint density at radius 2 is 2.08 bits per heavy atom. The molecule has 2 aromatic rings. The maximum Gasteiger partial charge on any atom is 0.143 e. The van der Waals surface area contributed by atoms with Crippen molar-refractivity contribution in [1.29, 1.82) is 5.26 Å². The fourth-order valence-electron chi connectivity index (χ4n) is 2.00. The quantitative estimate of drug-likeness (QED) is 0.579. The molecule has 0 atom stereocenters. The van der Waals surface area contributed by atoms with Crippen molar-refractivity contribution in [2.24, 2.45) is 5.16 Å². The largest absolute Gasteiger partial charge is 0.506 e. The molecule has 1 heterocycles. The number of nitriles is 1. The zero-order valence-electron chi connectivity index (χ0n) is 14.4. The standard InChI is InChI=1S/C18H17BrFN3O3/c1-18(2,3)26-23-16(17-14(25)5-4-12(8-21)22-17)10-6-11(9-24)15(20)13(19)7-10/h4-7,24-25H,9H2,1-3H3/b23-16-. The van der Waals surface area contributed by atoms with Gasteiger partial charge >= 0.3 is 0 Å². The first-order valence-corrected chi connectivity index (χ1v) is 8.41. The van der Waals surface area contributed by atoms with Gasteiger partial charge in [0.2, 0.25) is 0 Å². The Morgan fingerprint density at radius 1 is 1.38 bits per heavy atom. The van der Waals surface area contributed by atoms with Crippen molar-refractivity contribution in [2.45, 2.75) is 33.0 Å². The van der Waals surface area contributed by atoms with Crippen LogP contribution in [-0.4, -0.2) is 26.5 Å². The van der Waals surface area contributed by atoms with E-state index < -0.39 is 18.0 Å². The minimum Gasteiger partial charge on any atom is -0.506 e. The smallest absolute Gasteiger partial charge is 0.143 e. The maximum absolute atomic E-state index is 14.0. The molecule has 1 aromatic heterocycles. The summed E-state index contributed by atoms with van der Waals surface area (Å²) < 4.78 is 14.1. The van der Waals surface area contributed by atoms with Crippen LogP contribution in [0.25, 0.3) is 0 Å². The molecule has 0 amide bonds. The number of pyridine rings is 1. The number of aliphatic hydroxyl groups is 1. The van der Waals surface area contributed by atoms with Crippen LogP contribution >= 0.6 is 15.9 Å². The monoisotopic (exact) mass is 421 g/mol. The molecule has 0 fully saturated rings. The van der Waals surface area contributed by atoms with Crippen molar-refractivity contribution in [3.05, 3.63) is 57.1 Å². The molecule has 2 N–H and O–H groups in total. The van der Waals surface area contributed by atoms with Gasteiger partial charge < -0.3 is 15.1 Å². The van der Waals surface area contributed by atoms with E-state index in [0.29, 0.717) is 5.56 Å². The minimum atomic E-state index is -0.634. The van der Waals surface area contributed by atoms with Crippen LogP contribution in [-0.2, 0) is 11.4 Å². The second-order valence-corrected chi connectivity index (χ2v) is 7.26. The van der Waals surface area contributed by atoms with Gasteiger partial charge in [-0.25, -0.2) is 9.37 Å². The summed E-state index contributed by atoms with van der Waals surface area (Å²) in [6.45, 7) is 4.83. The molecule has 26 heavy (non-hydrogen) atoms. The van der Waals surface area contributed by atoms with Gasteiger partial charge in [0.25, 0.3) is 0 Å². The SMILES string of the molecule is CC(C)(C)O/N=C(/c1cc(Br)c(F)c(CO)c1)c1nc(C#N)ccc1O. The molecule has 136 valence electrons. The zero-order valence-corrected chi connectivity index (χ0v) is 16.0. The van der Waals surface area contributed by atoms with E-state index in [0.717, 1.165) is 0 Å². The summed E-state index contributed by atoms with van der Waals surface area (Å²) in [5, 5.41) is 32.7. The van der Waals surface area contributed by atoms with E-state index in [1.165, 1.54) is 24.3 Å². The molecule has 0 unspecified atom stereocenters. The van der Waals surface area contributed by atoms with Crippen molar-refractivity contribution in [2.75, 3.05) is 0 Å². The van der Waals surface area contributed by atoms with Crippen LogP contribution in [0, 0.1) is 17.1 Å². The number of aromatic nitrogens is 1. The average Bonchev–Trinajstić information content (AvgIpc) is 2.58. The molecule has 2 rings (SSSR count). The third kappa shape index (κ3) is 4.56. The molecule has 0 saturated heterocycles. The number of halogens is 2. The summed E-state index contributed by atoms with van der Waals surface area (Å²) in [4.78, 5) is 9.54. The molecular formula is C18H17BrFN3O3. The lowest BCUT2D eigenvalue weighted by atomic mass is 10.0. The van der Waals surface area contributed by atoms with Crippen LogP contribution in [0.1, 0.15) is 43.3 Å². The second kappa shape index (κ2) is 7.81. The van der Waals surface area contributed by atoms with Gasteiger partial charge in [-0.2, -0.15) is 5.26 Å². The van der Waals surface area contributed by atoms with Crippen molar-refractivity contribution in [3.63, 3.8) is 0 Å². The summed E-state index contributed by atoms with van der Waals surface area (Å²) in [7, 11) is 0. The molecule has 0 spiro atoms. The Bertz CT molecular complexity index is 902. The number of nitrogens with zero attached hydrogens (tertiary/aromatic N) is 3. The van der Waals surface area contributed by atoms with Crippen LogP contribution in [0.5, 0.6) is 5.75 Å². The predicted molar refractivity (Wildman–Crippen MR) is 97.1 cm³/mol. The molecule has 8 heteroatoms. The van der Waals surface area contributed by atoms with E-state index in [2.05, 4.69) is 26.1 Å². The number of aliphatic hydroxyl groups excluding tert-OH is 1. The number of hydrogen-bond donors (Lipinski definition) is 2. The fraction of sp³-hybridized carbons (Fsp3) is 0.278.